The molecule has 112 valence electrons. The van der Waals surface area contributed by atoms with Gasteiger partial charge in [0, 0.05) is 25.2 Å². The molecule has 1 fully saturated rings. The van der Waals surface area contributed by atoms with Crippen LogP contribution in [0.25, 0.3) is 0 Å². The summed E-state index contributed by atoms with van der Waals surface area (Å²) in [7, 11) is -4.22. The smallest absolute Gasteiger partial charge is 0.246 e. The predicted octanol–water partition coefficient (Wildman–Crippen LogP) is 1.61. The maximum absolute atomic E-state index is 13.7. The van der Waals surface area contributed by atoms with Gasteiger partial charge in [0.15, 0.2) is 11.6 Å². The quantitative estimate of drug-likeness (QED) is 0.863. The average Bonchev–Trinajstić information content (AvgIpc) is 2.42. The van der Waals surface area contributed by atoms with E-state index in [0.29, 0.717) is 18.9 Å². The van der Waals surface area contributed by atoms with Gasteiger partial charge >= 0.3 is 0 Å². The lowest BCUT2D eigenvalue weighted by Crippen LogP contribution is -2.47. The van der Waals surface area contributed by atoms with E-state index < -0.39 is 38.4 Å². The minimum absolute atomic E-state index is 0.102. The molecule has 1 heterocycles. The SMILES string of the molecule is NCC1CCCCN1S(=O)(=O)c1cc(F)c(F)cc1F. The van der Waals surface area contributed by atoms with Gasteiger partial charge in [-0.25, -0.2) is 21.6 Å². The Kier molecular flexibility index (Phi) is 4.36. The number of halogens is 3. The van der Waals surface area contributed by atoms with Crippen molar-refractivity contribution in [3.8, 4) is 0 Å². The van der Waals surface area contributed by atoms with Crippen LogP contribution in [0.2, 0.25) is 0 Å². The summed E-state index contributed by atoms with van der Waals surface area (Å²) in [4.78, 5) is -0.850. The minimum Gasteiger partial charge on any atom is -0.329 e. The Morgan fingerprint density at radius 2 is 1.80 bits per heavy atom. The van der Waals surface area contributed by atoms with Gasteiger partial charge in [-0.2, -0.15) is 4.31 Å². The topological polar surface area (TPSA) is 63.4 Å². The van der Waals surface area contributed by atoms with Gasteiger partial charge in [-0.15, -0.1) is 0 Å². The first-order valence-corrected chi connectivity index (χ1v) is 7.68. The summed E-state index contributed by atoms with van der Waals surface area (Å²) < 4.78 is 65.6. The molecular weight excluding hydrogens is 293 g/mol. The van der Waals surface area contributed by atoms with Crippen molar-refractivity contribution in [1.29, 1.82) is 0 Å². The highest BCUT2D eigenvalue weighted by atomic mass is 32.2. The number of hydrogen-bond acceptors (Lipinski definition) is 3. The Morgan fingerprint density at radius 1 is 1.15 bits per heavy atom. The van der Waals surface area contributed by atoms with Gasteiger partial charge in [0.1, 0.15) is 10.7 Å². The lowest BCUT2D eigenvalue weighted by molar-refractivity contribution is 0.256. The number of piperidine rings is 1. The van der Waals surface area contributed by atoms with Crippen molar-refractivity contribution in [2.75, 3.05) is 13.1 Å². The largest absolute Gasteiger partial charge is 0.329 e. The minimum atomic E-state index is -4.22. The third kappa shape index (κ3) is 2.68. The van der Waals surface area contributed by atoms with Crippen LogP contribution in [0.3, 0.4) is 0 Å². The van der Waals surface area contributed by atoms with Gasteiger partial charge in [-0.3, -0.25) is 0 Å². The molecule has 20 heavy (non-hydrogen) atoms. The van der Waals surface area contributed by atoms with E-state index in [4.69, 9.17) is 5.73 Å². The second-order valence-corrected chi connectivity index (χ2v) is 6.56. The van der Waals surface area contributed by atoms with E-state index in [1.165, 1.54) is 0 Å². The highest BCUT2D eigenvalue weighted by molar-refractivity contribution is 7.89. The Labute approximate surface area is 115 Å². The summed E-state index contributed by atoms with van der Waals surface area (Å²) in [5.74, 6) is -4.12. The predicted molar refractivity (Wildman–Crippen MR) is 66.9 cm³/mol. The van der Waals surface area contributed by atoms with Gasteiger partial charge in [-0.1, -0.05) is 6.42 Å². The molecule has 0 spiro atoms. The van der Waals surface area contributed by atoms with Crippen LogP contribution in [0.4, 0.5) is 13.2 Å². The Hall–Kier alpha value is -1.12. The van der Waals surface area contributed by atoms with E-state index in [9.17, 15) is 21.6 Å². The van der Waals surface area contributed by atoms with E-state index >= 15 is 0 Å². The van der Waals surface area contributed by atoms with Crippen LogP contribution in [0.1, 0.15) is 19.3 Å². The second-order valence-electron chi connectivity index (χ2n) is 4.70. The lowest BCUT2D eigenvalue weighted by atomic mass is 10.1. The molecule has 0 radical (unpaired) electrons. The molecule has 8 heteroatoms. The summed E-state index contributed by atoms with van der Waals surface area (Å²) in [6, 6.07) is 0.174. The number of rotatable bonds is 3. The van der Waals surface area contributed by atoms with Crippen molar-refractivity contribution in [3.63, 3.8) is 0 Å². The molecular formula is C12H15F3N2O2S. The summed E-state index contributed by atoms with van der Waals surface area (Å²) in [5, 5.41) is 0. The van der Waals surface area contributed by atoms with Crippen molar-refractivity contribution < 1.29 is 21.6 Å². The van der Waals surface area contributed by atoms with E-state index in [-0.39, 0.29) is 19.2 Å². The molecule has 1 saturated heterocycles. The molecule has 0 aliphatic carbocycles. The van der Waals surface area contributed by atoms with Crippen molar-refractivity contribution in [2.24, 2.45) is 5.73 Å². The van der Waals surface area contributed by atoms with Gasteiger partial charge in [0.25, 0.3) is 0 Å². The van der Waals surface area contributed by atoms with Crippen LogP contribution in [0.15, 0.2) is 17.0 Å². The number of sulfonamides is 1. The summed E-state index contributed by atoms with van der Waals surface area (Å²) in [6.45, 7) is 0.299. The standard InChI is InChI=1S/C12H15F3N2O2S/c13-9-5-11(15)12(6-10(9)14)20(18,19)17-4-2-1-3-8(17)7-16/h5-6,8H,1-4,7,16H2. The van der Waals surface area contributed by atoms with Gasteiger partial charge in [-0.05, 0) is 18.9 Å². The van der Waals surface area contributed by atoms with Crippen molar-refractivity contribution in [2.45, 2.75) is 30.2 Å². The summed E-state index contributed by atoms with van der Waals surface area (Å²) >= 11 is 0. The first-order chi connectivity index (χ1) is 9.37. The maximum Gasteiger partial charge on any atom is 0.246 e. The van der Waals surface area contributed by atoms with E-state index in [0.717, 1.165) is 10.7 Å². The average molecular weight is 308 g/mol. The Balaban J connectivity index is 2.46. The molecule has 0 saturated carbocycles. The fourth-order valence-corrected chi connectivity index (χ4v) is 4.12. The second kappa shape index (κ2) is 5.71. The number of nitrogens with zero attached hydrogens (tertiary/aromatic N) is 1. The molecule has 1 atom stereocenters. The van der Waals surface area contributed by atoms with Crippen LogP contribution in [0.5, 0.6) is 0 Å². The normalized spacial score (nSPS) is 21.1. The third-order valence-electron chi connectivity index (χ3n) is 3.41. The van der Waals surface area contributed by atoms with E-state index in [1.807, 2.05) is 0 Å². The van der Waals surface area contributed by atoms with Gasteiger partial charge < -0.3 is 5.73 Å². The zero-order chi connectivity index (χ0) is 14.9. The molecule has 1 unspecified atom stereocenters. The zero-order valence-electron chi connectivity index (χ0n) is 10.7. The van der Waals surface area contributed by atoms with E-state index in [1.54, 1.807) is 0 Å². The lowest BCUT2D eigenvalue weighted by Gasteiger charge is -2.33. The van der Waals surface area contributed by atoms with Crippen LogP contribution in [-0.2, 0) is 10.0 Å². The van der Waals surface area contributed by atoms with Crippen molar-refractivity contribution in [3.05, 3.63) is 29.6 Å². The first-order valence-electron chi connectivity index (χ1n) is 6.24. The van der Waals surface area contributed by atoms with Crippen LogP contribution >= 0.6 is 0 Å². The molecule has 1 aromatic rings. The summed E-state index contributed by atoms with van der Waals surface area (Å²) in [6.07, 6.45) is 2.02. The molecule has 0 bridgehead atoms. The molecule has 1 aliphatic rings. The number of hydrogen-bond donors (Lipinski definition) is 1. The van der Waals surface area contributed by atoms with Gasteiger partial charge in [0.05, 0.1) is 0 Å². The maximum atomic E-state index is 13.7. The first kappa shape index (κ1) is 15.3. The molecule has 2 rings (SSSR count). The van der Waals surface area contributed by atoms with Crippen molar-refractivity contribution >= 4 is 10.0 Å². The van der Waals surface area contributed by atoms with Crippen LogP contribution in [-0.4, -0.2) is 31.9 Å². The Morgan fingerprint density at radius 3 is 2.45 bits per heavy atom. The molecule has 4 nitrogen and oxygen atoms in total. The van der Waals surface area contributed by atoms with Crippen molar-refractivity contribution in [1.82, 2.24) is 4.31 Å². The fraction of sp³-hybridized carbons (Fsp3) is 0.500. The molecule has 1 aromatic carbocycles. The Bertz CT molecular complexity index is 607. The number of benzene rings is 1. The van der Waals surface area contributed by atoms with Crippen LogP contribution < -0.4 is 5.73 Å². The highest BCUT2D eigenvalue weighted by Gasteiger charge is 2.35. The molecule has 1 aliphatic heterocycles. The van der Waals surface area contributed by atoms with Crippen LogP contribution in [0, 0.1) is 17.5 Å². The van der Waals surface area contributed by atoms with E-state index in [2.05, 4.69) is 0 Å². The third-order valence-corrected chi connectivity index (χ3v) is 5.37. The highest BCUT2D eigenvalue weighted by Crippen LogP contribution is 2.27. The molecule has 0 amide bonds. The van der Waals surface area contributed by atoms with Gasteiger partial charge in [0.2, 0.25) is 10.0 Å². The fourth-order valence-electron chi connectivity index (χ4n) is 2.35. The monoisotopic (exact) mass is 308 g/mol. The summed E-state index contributed by atoms with van der Waals surface area (Å²) in [5.41, 5.74) is 5.53. The molecule has 2 N–H and O–H groups in total. The zero-order valence-corrected chi connectivity index (χ0v) is 11.5. The number of nitrogens with two attached hydrogens (primary N) is 1. The molecule has 0 aromatic heterocycles.